The molecule has 0 bridgehead atoms. The lowest BCUT2D eigenvalue weighted by molar-refractivity contribution is -0.0884. The standard InChI is InChI=1S/C30H35F2N3O6/c1-6-30(29(2,3)4,41-28(33)37)25-24(26(36)34-15-19-9-11-20(31)14-21(19)32)35-27(40-25)18-10-12-22(38-5)23(13-18)39-16-17-7-8-17/h9-14,17H,6-8,15-16H2,1-5H3,(H2,33,37)(H,34,36). The van der Waals surface area contributed by atoms with Crippen molar-refractivity contribution < 1.29 is 37.0 Å². The summed E-state index contributed by atoms with van der Waals surface area (Å²) in [7, 11) is 1.54. The van der Waals surface area contributed by atoms with Crippen LogP contribution in [0.15, 0.2) is 40.8 Å². The second-order valence-corrected chi connectivity index (χ2v) is 11.1. The highest BCUT2D eigenvalue weighted by atomic mass is 19.1. The van der Waals surface area contributed by atoms with Gasteiger partial charge in [0, 0.05) is 29.2 Å². The molecule has 1 saturated carbocycles. The third-order valence-corrected chi connectivity index (χ3v) is 7.23. The first-order valence-corrected chi connectivity index (χ1v) is 13.4. The van der Waals surface area contributed by atoms with E-state index >= 15 is 0 Å². The van der Waals surface area contributed by atoms with Crippen LogP contribution in [0.1, 0.15) is 68.8 Å². The molecule has 1 unspecified atom stereocenters. The lowest BCUT2D eigenvalue weighted by Crippen LogP contribution is -2.46. The zero-order chi connectivity index (χ0) is 29.9. The van der Waals surface area contributed by atoms with Gasteiger partial charge in [0.1, 0.15) is 11.6 Å². The van der Waals surface area contributed by atoms with Crippen LogP contribution in [0.4, 0.5) is 13.6 Å². The van der Waals surface area contributed by atoms with Crippen LogP contribution in [0.25, 0.3) is 11.5 Å². The quantitative estimate of drug-likeness (QED) is 0.285. The number of nitrogens with zero attached hydrogens (tertiary/aromatic N) is 1. The van der Waals surface area contributed by atoms with E-state index in [0.29, 0.717) is 29.6 Å². The molecule has 9 nitrogen and oxygen atoms in total. The van der Waals surface area contributed by atoms with Crippen molar-refractivity contribution in [2.75, 3.05) is 13.7 Å². The first-order valence-electron chi connectivity index (χ1n) is 13.4. The predicted molar refractivity (Wildman–Crippen MR) is 146 cm³/mol. The molecular weight excluding hydrogens is 536 g/mol. The average molecular weight is 572 g/mol. The molecule has 1 fully saturated rings. The molecule has 0 radical (unpaired) electrons. The maximum absolute atomic E-state index is 14.2. The van der Waals surface area contributed by atoms with Crippen molar-refractivity contribution in [1.29, 1.82) is 0 Å². The normalized spacial score (nSPS) is 14.7. The van der Waals surface area contributed by atoms with E-state index in [2.05, 4.69) is 10.3 Å². The number of primary amides is 1. The minimum absolute atomic E-state index is 0.0188. The van der Waals surface area contributed by atoms with Crippen molar-refractivity contribution in [2.24, 2.45) is 17.1 Å². The fourth-order valence-electron chi connectivity index (χ4n) is 4.68. The molecule has 11 heteroatoms. The number of nitrogens with one attached hydrogen (secondary N) is 1. The molecule has 3 aromatic rings. The number of methoxy groups -OCH3 is 1. The lowest BCUT2D eigenvalue weighted by Gasteiger charge is -2.41. The van der Waals surface area contributed by atoms with Gasteiger partial charge in [0.15, 0.2) is 28.6 Å². The van der Waals surface area contributed by atoms with Gasteiger partial charge in [0.05, 0.1) is 13.7 Å². The van der Waals surface area contributed by atoms with Crippen molar-refractivity contribution in [3.63, 3.8) is 0 Å². The minimum Gasteiger partial charge on any atom is -0.493 e. The van der Waals surface area contributed by atoms with Crippen LogP contribution >= 0.6 is 0 Å². The van der Waals surface area contributed by atoms with Gasteiger partial charge in [-0.25, -0.2) is 18.6 Å². The SMILES string of the molecule is CCC(OC(N)=O)(c1oc(-c2ccc(OC)c(OCC3CC3)c2)nc1C(=O)NCc1ccc(F)cc1F)C(C)(C)C. The predicted octanol–water partition coefficient (Wildman–Crippen LogP) is 6.09. The third-order valence-electron chi connectivity index (χ3n) is 7.23. The van der Waals surface area contributed by atoms with E-state index in [9.17, 15) is 18.4 Å². The first kappa shape index (κ1) is 29.8. The second-order valence-electron chi connectivity index (χ2n) is 11.1. The highest BCUT2D eigenvalue weighted by Crippen LogP contribution is 2.48. The smallest absolute Gasteiger partial charge is 0.405 e. The average Bonchev–Trinajstić information content (AvgIpc) is 3.64. The number of halogens is 2. The van der Waals surface area contributed by atoms with E-state index in [1.165, 1.54) is 13.2 Å². The number of rotatable bonds is 11. The van der Waals surface area contributed by atoms with Gasteiger partial charge in [-0.3, -0.25) is 4.79 Å². The Hall–Kier alpha value is -4.15. The summed E-state index contributed by atoms with van der Waals surface area (Å²) < 4.78 is 51.0. The Morgan fingerprint density at radius 2 is 1.85 bits per heavy atom. The van der Waals surface area contributed by atoms with Crippen molar-refractivity contribution in [3.05, 3.63) is 65.1 Å². The van der Waals surface area contributed by atoms with E-state index in [4.69, 9.17) is 24.4 Å². The molecule has 1 aromatic heterocycles. The molecule has 0 saturated heterocycles. The number of hydrogen-bond acceptors (Lipinski definition) is 7. The lowest BCUT2D eigenvalue weighted by atomic mass is 9.72. The fraction of sp³-hybridized carbons (Fsp3) is 0.433. The maximum atomic E-state index is 14.2. The number of oxazole rings is 1. The molecule has 1 aliphatic carbocycles. The number of aromatic nitrogens is 1. The van der Waals surface area contributed by atoms with Crippen LogP contribution in [0.5, 0.6) is 11.5 Å². The first-order chi connectivity index (χ1) is 19.4. The number of carbonyl (C=O) groups is 2. The van der Waals surface area contributed by atoms with Crippen molar-refractivity contribution in [1.82, 2.24) is 10.3 Å². The summed E-state index contributed by atoms with van der Waals surface area (Å²) in [6.45, 7) is 7.50. The Balaban J connectivity index is 1.79. The van der Waals surface area contributed by atoms with Crippen LogP contribution < -0.4 is 20.5 Å². The number of hydrogen-bond donors (Lipinski definition) is 2. The molecule has 2 aromatic carbocycles. The molecule has 0 spiro atoms. The molecule has 2 amide bonds. The molecule has 1 aliphatic rings. The van der Waals surface area contributed by atoms with Crippen LogP contribution in [0.3, 0.4) is 0 Å². The van der Waals surface area contributed by atoms with Crippen molar-refractivity contribution in [3.8, 4) is 23.0 Å². The Morgan fingerprint density at radius 3 is 2.44 bits per heavy atom. The zero-order valence-corrected chi connectivity index (χ0v) is 23.8. The molecule has 0 aliphatic heterocycles. The van der Waals surface area contributed by atoms with Crippen LogP contribution in [0.2, 0.25) is 0 Å². The van der Waals surface area contributed by atoms with Gasteiger partial charge in [-0.15, -0.1) is 0 Å². The fourth-order valence-corrected chi connectivity index (χ4v) is 4.68. The van der Waals surface area contributed by atoms with E-state index < -0.39 is 34.7 Å². The molecule has 41 heavy (non-hydrogen) atoms. The summed E-state index contributed by atoms with van der Waals surface area (Å²) in [4.78, 5) is 30.2. The van der Waals surface area contributed by atoms with E-state index in [1.807, 2.05) is 20.8 Å². The highest BCUT2D eigenvalue weighted by molar-refractivity contribution is 5.94. The Kier molecular flexibility index (Phi) is 8.55. The van der Waals surface area contributed by atoms with Gasteiger partial charge in [0.25, 0.3) is 5.91 Å². The van der Waals surface area contributed by atoms with Crippen LogP contribution in [-0.4, -0.2) is 30.7 Å². The van der Waals surface area contributed by atoms with Crippen LogP contribution in [0, 0.1) is 23.0 Å². The largest absolute Gasteiger partial charge is 0.493 e. The topological polar surface area (TPSA) is 126 Å². The summed E-state index contributed by atoms with van der Waals surface area (Å²) in [5, 5.41) is 2.61. The number of carbonyl (C=O) groups excluding carboxylic acids is 2. The molecular formula is C30H35F2N3O6. The number of amides is 2. The summed E-state index contributed by atoms with van der Waals surface area (Å²) in [5.41, 5.74) is 3.58. The van der Waals surface area contributed by atoms with Gasteiger partial charge >= 0.3 is 6.09 Å². The summed E-state index contributed by atoms with van der Waals surface area (Å²) in [6.07, 6.45) is 1.35. The van der Waals surface area contributed by atoms with Gasteiger partial charge in [0.2, 0.25) is 5.89 Å². The zero-order valence-electron chi connectivity index (χ0n) is 23.8. The number of nitrogens with two attached hydrogens (primary N) is 1. The molecule has 3 N–H and O–H groups in total. The summed E-state index contributed by atoms with van der Waals surface area (Å²) >= 11 is 0. The van der Waals surface area contributed by atoms with Gasteiger partial charge in [-0.05, 0) is 49.4 Å². The Labute approximate surface area is 237 Å². The Morgan fingerprint density at radius 1 is 1.12 bits per heavy atom. The maximum Gasteiger partial charge on any atom is 0.405 e. The Bertz CT molecular complexity index is 1430. The van der Waals surface area contributed by atoms with Crippen LogP contribution in [-0.2, 0) is 16.9 Å². The number of ether oxygens (including phenoxy) is 3. The summed E-state index contributed by atoms with van der Waals surface area (Å²) in [5.74, 6) is -0.703. The van der Waals surface area contributed by atoms with E-state index in [-0.39, 0.29) is 35.9 Å². The van der Waals surface area contributed by atoms with Gasteiger partial charge in [-0.2, -0.15) is 0 Å². The number of benzene rings is 2. The van der Waals surface area contributed by atoms with Gasteiger partial charge in [-0.1, -0.05) is 33.8 Å². The third kappa shape index (κ3) is 6.44. The van der Waals surface area contributed by atoms with E-state index in [0.717, 1.165) is 25.0 Å². The minimum atomic E-state index is -1.49. The van der Waals surface area contributed by atoms with E-state index in [1.54, 1.807) is 25.1 Å². The highest BCUT2D eigenvalue weighted by Gasteiger charge is 2.51. The second kappa shape index (κ2) is 11.8. The molecule has 1 atom stereocenters. The van der Waals surface area contributed by atoms with Crippen molar-refractivity contribution >= 4 is 12.0 Å². The molecule has 4 rings (SSSR count). The molecule has 1 heterocycles. The monoisotopic (exact) mass is 571 g/mol. The molecule has 220 valence electrons. The summed E-state index contributed by atoms with van der Waals surface area (Å²) in [6, 6.07) is 8.17. The van der Waals surface area contributed by atoms with Crippen molar-refractivity contribution in [2.45, 2.75) is 59.1 Å². The van der Waals surface area contributed by atoms with Gasteiger partial charge < -0.3 is 29.7 Å².